The first-order valence-electron chi connectivity index (χ1n) is 10.7. The zero-order chi connectivity index (χ0) is 22.0. The molecule has 3 aromatic rings. The number of nitrogens with zero attached hydrogens (tertiary/aromatic N) is 3. The monoisotopic (exact) mass is 432 g/mol. The van der Waals surface area contributed by atoms with E-state index in [-0.39, 0.29) is 6.04 Å². The van der Waals surface area contributed by atoms with Gasteiger partial charge in [0.15, 0.2) is 5.11 Å². The number of allylic oxidation sites excluding steroid dienone is 1. The molecule has 2 heterocycles. The molecule has 0 bridgehead atoms. The van der Waals surface area contributed by atoms with Crippen LogP contribution in [0.25, 0.3) is 17.0 Å². The maximum Gasteiger partial charge on any atom is 0.258 e. The smallest absolute Gasteiger partial charge is 0.258 e. The lowest BCUT2D eigenvalue weighted by atomic mass is 9.94. The van der Waals surface area contributed by atoms with E-state index in [2.05, 4.69) is 67.3 Å². The van der Waals surface area contributed by atoms with Gasteiger partial charge in [-0.2, -0.15) is 4.98 Å². The lowest BCUT2D eigenvalue weighted by Gasteiger charge is -2.37. The Bertz CT molecular complexity index is 1100. The molecule has 5 nitrogen and oxygen atoms in total. The van der Waals surface area contributed by atoms with Crippen LogP contribution in [0.2, 0.25) is 0 Å². The molecule has 0 saturated carbocycles. The quantitative estimate of drug-likeness (QED) is 0.500. The van der Waals surface area contributed by atoms with E-state index in [0.29, 0.717) is 17.6 Å². The number of benzene rings is 2. The summed E-state index contributed by atoms with van der Waals surface area (Å²) in [5.41, 5.74) is 5.23. The van der Waals surface area contributed by atoms with Crippen molar-refractivity contribution in [3.63, 3.8) is 0 Å². The fraction of sp³-hybridized carbons (Fsp3) is 0.320. The molecular weight excluding hydrogens is 404 g/mol. The van der Waals surface area contributed by atoms with Crippen LogP contribution in [0, 0.1) is 12.8 Å². The number of hydrogen-bond acceptors (Lipinski definition) is 4. The third kappa shape index (κ3) is 4.54. The molecular formula is C25H28N4OS. The van der Waals surface area contributed by atoms with Crippen LogP contribution in [0.5, 0.6) is 0 Å². The van der Waals surface area contributed by atoms with Crippen molar-refractivity contribution in [2.75, 3.05) is 6.54 Å². The van der Waals surface area contributed by atoms with E-state index < -0.39 is 0 Å². The number of rotatable bonds is 6. The summed E-state index contributed by atoms with van der Waals surface area (Å²) in [5.74, 6) is 1.70. The topological polar surface area (TPSA) is 54.2 Å². The van der Waals surface area contributed by atoms with Gasteiger partial charge in [-0.15, -0.1) is 0 Å². The van der Waals surface area contributed by atoms with Gasteiger partial charge in [-0.3, -0.25) is 0 Å². The highest BCUT2D eigenvalue weighted by molar-refractivity contribution is 7.80. The first-order valence-corrected chi connectivity index (χ1v) is 11.1. The molecule has 1 unspecified atom stereocenters. The zero-order valence-corrected chi connectivity index (χ0v) is 19.2. The number of aromatic nitrogens is 2. The van der Waals surface area contributed by atoms with E-state index in [1.54, 1.807) is 0 Å². The molecule has 1 N–H and O–H groups in total. The van der Waals surface area contributed by atoms with Crippen LogP contribution < -0.4 is 5.32 Å². The van der Waals surface area contributed by atoms with E-state index in [1.807, 2.05) is 30.3 Å². The molecule has 0 spiro atoms. The van der Waals surface area contributed by atoms with Crippen molar-refractivity contribution in [1.82, 2.24) is 20.4 Å². The Morgan fingerprint density at radius 3 is 2.58 bits per heavy atom. The Kier molecular flexibility index (Phi) is 6.18. The summed E-state index contributed by atoms with van der Waals surface area (Å²) in [6.45, 7) is 9.44. The van der Waals surface area contributed by atoms with Gasteiger partial charge >= 0.3 is 0 Å². The number of aryl methyl sites for hydroxylation is 1. The van der Waals surface area contributed by atoms with Gasteiger partial charge in [0, 0.05) is 17.8 Å². The number of nitrogens with one attached hydrogen (secondary N) is 1. The van der Waals surface area contributed by atoms with Crippen molar-refractivity contribution < 1.29 is 4.52 Å². The predicted octanol–water partition coefficient (Wildman–Crippen LogP) is 5.75. The summed E-state index contributed by atoms with van der Waals surface area (Å²) in [5, 5.41) is 8.53. The SMILES string of the molecule is CC1=C(c2nc(-c3cccc(C)c3)no2)C(c2ccccc2)NC(=S)N1CCC(C)C. The minimum absolute atomic E-state index is 0.144. The average molecular weight is 433 g/mol. The summed E-state index contributed by atoms with van der Waals surface area (Å²) in [4.78, 5) is 6.93. The zero-order valence-electron chi connectivity index (χ0n) is 18.4. The molecule has 31 heavy (non-hydrogen) atoms. The third-order valence-electron chi connectivity index (χ3n) is 5.59. The minimum Gasteiger partial charge on any atom is -0.351 e. The highest BCUT2D eigenvalue weighted by Crippen LogP contribution is 2.37. The Balaban J connectivity index is 1.78. The average Bonchev–Trinajstić information content (AvgIpc) is 3.23. The van der Waals surface area contributed by atoms with Crippen LogP contribution in [0.4, 0.5) is 0 Å². The molecule has 1 aromatic heterocycles. The first-order chi connectivity index (χ1) is 14.9. The van der Waals surface area contributed by atoms with E-state index in [9.17, 15) is 0 Å². The molecule has 0 saturated heterocycles. The Hall–Kier alpha value is -2.99. The number of hydrogen-bond donors (Lipinski definition) is 1. The molecule has 2 aromatic carbocycles. The van der Waals surface area contributed by atoms with Gasteiger partial charge in [-0.25, -0.2) is 0 Å². The van der Waals surface area contributed by atoms with Gasteiger partial charge in [0.05, 0.1) is 11.6 Å². The van der Waals surface area contributed by atoms with Crippen LogP contribution in [-0.2, 0) is 0 Å². The van der Waals surface area contributed by atoms with Crippen LogP contribution in [0.1, 0.15) is 50.3 Å². The Labute approximate surface area is 189 Å². The molecule has 0 aliphatic carbocycles. The number of thiocarbonyl (C=S) groups is 1. The van der Waals surface area contributed by atoms with Crippen LogP contribution >= 0.6 is 12.2 Å². The van der Waals surface area contributed by atoms with Gasteiger partial charge < -0.3 is 14.7 Å². The predicted molar refractivity (Wildman–Crippen MR) is 128 cm³/mol. The van der Waals surface area contributed by atoms with Crippen molar-refractivity contribution in [2.45, 2.75) is 40.2 Å². The Morgan fingerprint density at radius 1 is 1.10 bits per heavy atom. The molecule has 6 heteroatoms. The van der Waals surface area contributed by atoms with Crippen molar-refractivity contribution in [2.24, 2.45) is 5.92 Å². The normalized spacial score (nSPS) is 16.7. The van der Waals surface area contributed by atoms with Crippen molar-refractivity contribution in [3.8, 4) is 11.4 Å². The molecule has 0 fully saturated rings. The Morgan fingerprint density at radius 2 is 1.87 bits per heavy atom. The van der Waals surface area contributed by atoms with Crippen LogP contribution in [-0.4, -0.2) is 26.7 Å². The third-order valence-corrected chi connectivity index (χ3v) is 5.93. The first kappa shape index (κ1) is 21.2. The fourth-order valence-corrected chi connectivity index (χ4v) is 4.19. The molecule has 0 amide bonds. The largest absolute Gasteiger partial charge is 0.351 e. The van der Waals surface area contributed by atoms with E-state index >= 15 is 0 Å². The van der Waals surface area contributed by atoms with Crippen molar-refractivity contribution >= 4 is 22.9 Å². The summed E-state index contributed by atoms with van der Waals surface area (Å²) in [6.07, 6.45) is 1.04. The molecule has 4 rings (SSSR count). The van der Waals surface area contributed by atoms with Crippen LogP contribution in [0.15, 0.2) is 64.8 Å². The van der Waals surface area contributed by atoms with E-state index in [4.69, 9.17) is 21.7 Å². The maximum atomic E-state index is 5.80. The minimum atomic E-state index is -0.144. The highest BCUT2D eigenvalue weighted by atomic mass is 32.1. The van der Waals surface area contributed by atoms with Crippen molar-refractivity contribution in [1.29, 1.82) is 0 Å². The van der Waals surface area contributed by atoms with E-state index in [1.165, 1.54) is 0 Å². The summed E-state index contributed by atoms with van der Waals surface area (Å²) >= 11 is 5.75. The molecule has 160 valence electrons. The summed E-state index contributed by atoms with van der Waals surface area (Å²) < 4.78 is 5.80. The molecule has 0 radical (unpaired) electrons. The second-order valence-electron chi connectivity index (χ2n) is 8.42. The van der Waals surface area contributed by atoms with E-state index in [0.717, 1.165) is 46.0 Å². The molecule has 1 atom stereocenters. The lowest BCUT2D eigenvalue weighted by molar-refractivity contribution is 0.390. The lowest BCUT2D eigenvalue weighted by Crippen LogP contribution is -2.46. The summed E-state index contributed by atoms with van der Waals surface area (Å²) in [7, 11) is 0. The van der Waals surface area contributed by atoms with Gasteiger partial charge in [0.25, 0.3) is 5.89 Å². The maximum absolute atomic E-state index is 5.80. The van der Waals surface area contributed by atoms with Gasteiger partial charge in [-0.1, -0.05) is 73.1 Å². The highest BCUT2D eigenvalue weighted by Gasteiger charge is 2.33. The molecule has 1 aliphatic rings. The van der Waals surface area contributed by atoms with Gasteiger partial charge in [-0.05, 0) is 50.0 Å². The van der Waals surface area contributed by atoms with Crippen LogP contribution in [0.3, 0.4) is 0 Å². The standard InChI is InChI=1S/C25H28N4OS/c1-16(2)13-14-29-18(4)21(22(26-25(29)31)19-10-6-5-7-11-19)24-27-23(28-30-24)20-12-8-9-17(3)15-20/h5-12,15-16,22H,13-14H2,1-4H3,(H,26,31). The van der Waals surface area contributed by atoms with Gasteiger partial charge in [0.2, 0.25) is 5.82 Å². The van der Waals surface area contributed by atoms with Crippen molar-refractivity contribution in [3.05, 3.63) is 77.3 Å². The second kappa shape index (κ2) is 9.02. The summed E-state index contributed by atoms with van der Waals surface area (Å²) in [6, 6.07) is 18.2. The fourth-order valence-electron chi connectivity index (χ4n) is 3.84. The second-order valence-corrected chi connectivity index (χ2v) is 8.81. The van der Waals surface area contributed by atoms with Gasteiger partial charge in [0.1, 0.15) is 0 Å². The molecule has 1 aliphatic heterocycles.